The van der Waals surface area contributed by atoms with Gasteiger partial charge in [0.25, 0.3) is 0 Å². The molecule has 1 aromatic heterocycles. The summed E-state index contributed by atoms with van der Waals surface area (Å²) in [5, 5.41) is 8.80. The molecule has 1 fully saturated rings. The van der Waals surface area contributed by atoms with Crippen molar-refractivity contribution in [3.8, 4) is 0 Å². The Morgan fingerprint density at radius 2 is 2.12 bits per heavy atom. The monoisotopic (exact) mass is 267 g/mol. The molecule has 1 heterocycles. The fraction of sp³-hybridized carbons (Fsp3) is 0.778. The first-order valence-corrected chi connectivity index (χ1v) is 6.09. The Balaban J connectivity index is 1.83. The maximum Gasteiger partial charge on any atom is 0.445 e. The normalized spacial score (nSPS) is 24.5. The smallest absolute Gasteiger partial charge is 0.378 e. The highest BCUT2D eigenvalue weighted by atomic mass is 32.1. The van der Waals surface area contributed by atoms with Gasteiger partial charge in [-0.2, -0.15) is 13.2 Å². The van der Waals surface area contributed by atoms with E-state index in [0.29, 0.717) is 17.9 Å². The molecular formula is C9H12F3N3OS. The minimum atomic E-state index is -4.41. The van der Waals surface area contributed by atoms with Crippen LogP contribution in [0.15, 0.2) is 0 Å². The van der Waals surface area contributed by atoms with E-state index in [4.69, 9.17) is 4.74 Å². The van der Waals surface area contributed by atoms with Gasteiger partial charge in [-0.25, -0.2) is 0 Å². The molecule has 0 bridgehead atoms. The summed E-state index contributed by atoms with van der Waals surface area (Å²) in [6.07, 6.45) is -2.60. The van der Waals surface area contributed by atoms with Crippen LogP contribution in [0.25, 0.3) is 0 Å². The summed E-state index contributed by atoms with van der Waals surface area (Å²) in [5.41, 5.74) is 0. The third-order valence-corrected chi connectivity index (χ3v) is 3.39. The molecule has 2 rings (SSSR count). The number of nitrogens with one attached hydrogen (secondary N) is 1. The maximum atomic E-state index is 12.3. The van der Waals surface area contributed by atoms with Gasteiger partial charge in [-0.05, 0) is 19.8 Å². The van der Waals surface area contributed by atoms with Crippen molar-refractivity contribution in [2.75, 3.05) is 11.9 Å². The van der Waals surface area contributed by atoms with Crippen molar-refractivity contribution in [3.05, 3.63) is 5.01 Å². The summed E-state index contributed by atoms with van der Waals surface area (Å²) in [5.74, 6) is 0. The highest BCUT2D eigenvalue weighted by molar-refractivity contribution is 7.15. The quantitative estimate of drug-likeness (QED) is 0.910. The van der Waals surface area contributed by atoms with Gasteiger partial charge in [-0.3, -0.25) is 0 Å². The van der Waals surface area contributed by atoms with E-state index in [1.54, 1.807) is 0 Å². The molecule has 1 aromatic rings. The van der Waals surface area contributed by atoms with E-state index in [1.165, 1.54) is 0 Å². The van der Waals surface area contributed by atoms with Crippen LogP contribution < -0.4 is 5.32 Å². The van der Waals surface area contributed by atoms with Crippen molar-refractivity contribution < 1.29 is 17.9 Å². The van der Waals surface area contributed by atoms with E-state index in [0.717, 1.165) is 12.8 Å². The average Bonchev–Trinajstić information content (AvgIpc) is 2.62. The Kier molecular flexibility index (Phi) is 3.53. The number of hydrogen-bond donors (Lipinski definition) is 1. The highest BCUT2D eigenvalue weighted by Crippen LogP contribution is 2.34. The fourth-order valence-corrected chi connectivity index (χ4v) is 2.31. The Hall–Kier alpha value is -0.890. The lowest BCUT2D eigenvalue weighted by molar-refractivity contribution is -0.138. The van der Waals surface area contributed by atoms with Gasteiger partial charge in [0.15, 0.2) is 0 Å². The minimum Gasteiger partial charge on any atom is -0.378 e. The lowest BCUT2D eigenvalue weighted by atomic mass is 9.89. The molecule has 4 nitrogen and oxygen atoms in total. The van der Waals surface area contributed by atoms with E-state index in [1.807, 2.05) is 6.92 Å². The minimum absolute atomic E-state index is 0.139. The Morgan fingerprint density at radius 1 is 1.41 bits per heavy atom. The van der Waals surface area contributed by atoms with Crippen LogP contribution in [0.1, 0.15) is 24.8 Å². The van der Waals surface area contributed by atoms with Gasteiger partial charge in [0, 0.05) is 12.6 Å². The molecule has 0 atom stereocenters. The molecule has 1 saturated carbocycles. The number of ether oxygens (including phenoxy) is 1. The van der Waals surface area contributed by atoms with Crippen molar-refractivity contribution in [2.45, 2.75) is 38.1 Å². The van der Waals surface area contributed by atoms with Crippen LogP contribution in [0.4, 0.5) is 18.3 Å². The predicted molar refractivity (Wildman–Crippen MR) is 57.0 cm³/mol. The van der Waals surface area contributed by atoms with Crippen LogP contribution in [-0.4, -0.2) is 29.0 Å². The Labute approximate surface area is 100 Å². The van der Waals surface area contributed by atoms with Gasteiger partial charge in [-0.15, -0.1) is 10.2 Å². The lowest BCUT2D eigenvalue weighted by Gasteiger charge is -2.35. The topological polar surface area (TPSA) is 47.0 Å². The molecule has 96 valence electrons. The number of hydrogen-bond acceptors (Lipinski definition) is 5. The van der Waals surface area contributed by atoms with Crippen molar-refractivity contribution in [3.63, 3.8) is 0 Å². The van der Waals surface area contributed by atoms with Gasteiger partial charge in [0.1, 0.15) is 0 Å². The van der Waals surface area contributed by atoms with Crippen LogP contribution in [0.5, 0.6) is 0 Å². The summed E-state index contributed by atoms with van der Waals surface area (Å²) in [4.78, 5) is 0. The standard InChI is InChI=1S/C9H12F3N3OS/c1-2-16-6-3-5(4-6)13-8-15-14-7(17-8)9(10,11)12/h5-6H,2-4H2,1H3,(H,13,15). The second-order valence-electron chi connectivity index (χ2n) is 3.80. The Morgan fingerprint density at radius 3 is 2.65 bits per heavy atom. The second kappa shape index (κ2) is 4.77. The van der Waals surface area contributed by atoms with Gasteiger partial charge in [0.2, 0.25) is 10.1 Å². The van der Waals surface area contributed by atoms with Crippen molar-refractivity contribution in [1.82, 2.24) is 10.2 Å². The highest BCUT2D eigenvalue weighted by Gasteiger charge is 2.36. The first-order valence-electron chi connectivity index (χ1n) is 5.28. The number of rotatable bonds is 4. The molecule has 0 amide bonds. The lowest BCUT2D eigenvalue weighted by Crippen LogP contribution is -2.40. The number of alkyl halides is 3. The molecule has 0 aromatic carbocycles. The summed E-state index contributed by atoms with van der Waals surface area (Å²) in [6, 6.07) is 0.139. The van der Waals surface area contributed by atoms with Crippen LogP contribution >= 0.6 is 11.3 Å². The summed E-state index contributed by atoms with van der Waals surface area (Å²) < 4.78 is 42.1. The Bertz CT molecular complexity index is 376. The third-order valence-electron chi connectivity index (χ3n) is 2.49. The molecule has 0 saturated heterocycles. The van der Waals surface area contributed by atoms with Gasteiger partial charge >= 0.3 is 6.18 Å². The number of aromatic nitrogens is 2. The van der Waals surface area contributed by atoms with E-state index in [9.17, 15) is 13.2 Å². The molecule has 0 radical (unpaired) electrons. The summed E-state index contributed by atoms with van der Waals surface area (Å²) in [6.45, 7) is 2.58. The maximum absolute atomic E-state index is 12.3. The third kappa shape index (κ3) is 3.06. The van der Waals surface area contributed by atoms with Crippen LogP contribution in [0.3, 0.4) is 0 Å². The van der Waals surface area contributed by atoms with Crippen molar-refractivity contribution >= 4 is 16.5 Å². The number of anilines is 1. The molecule has 0 spiro atoms. The van der Waals surface area contributed by atoms with E-state index >= 15 is 0 Å². The SMILES string of the molecule is CCOC1CC(Nc2nnc(C(F)(F)F)s2)C1. The molecule has 0 aliphatic heterocycles. The van der Waals surface area contributed by atoms with Crippen molar-refractivity contribution in [2.24, 2.45) is 0 Å². The first-order chi connectivity index (χ1) is 7.99. The van der Waals surface area contributed by atoms with E-state index in [2.05, 4.69) is 15.5 Å². The molecule has 8 heteroatoms. The zero-order valence-electron chi connectivity index (χ0n) is 9.12. The molecule has 1 aliphatic carbocycles. The summed E-state index contributed by atoms with van der Waals surface area (Å²) in [7, 11) is 0. The second-order valence-corrected chi connectivity index (χ2v) is 4.78. The van der Waals surface area contributed by atoms with Crippen molar-refractivity contribution in [1.29, 1.82) is 0 Å². The van der Waals surface area contributed by atoms with Crippen LogP contribution in [0, 0.1) is 0 Å². The van der Waals surface area contributed by atoms with Crippen LogP contribution in [0.2, 0.25) is 0 Å². The fourth-order valence-electron chi connectivity index (χ4n) is 1.63. The predicted octanol–water partition coefficient (Wildman–Crippen LogP) is 2.54. The molecule has 17 heavy (non-hydrogen) atoms. The van der Waals surface area contributed by atoms with E-state index < -0.39 is 11.2 Å². The zero-order chi connectivity index (χ0) is 12.5. The molecule has 1 aliphatic rings. The van der Waals surface area contributed by atoms with Gasteiger partial charge < -0.3 is 10.1 Å². The van der Waals surface area contributed by atoms with Gasteiger partial charge in [0.05, 0.1) is 6.10 Å². The average molecular weight is 267 g/mol. The van der Waals surface area contributed by atoms with Crippen LogP contribution in [-0.2, 0) is 10.9 Å². The number of halogens is 3. The molecular weight excluding hydrogens is 255 g/mol. The zero-order valence-corrected chi connectivity index (χ0v) is 9.94. The van der Waals surface area contributed by atoms with Gasteiger partial charge in [-0.1, -0.05) is 11.3 Å². The van der Waals surface area contributed by atoms with E-state index in [-0.39, 0.29) is 17.3 Å². The first kappa shape index (κ1) is 12.6. The molecule has 0 unspecified atom stereocenters. The molecule has 1 N–H and O–H groups in total. The number of nitrogens with zero attached hydrogens (tertiary/aromatic N) is 2. The largest absolute Gasteiger partial charge is 0.445 e. The summed E-state index contributed by atoms with van der Waals surface area (Å²) >= 11 is 0.533.